The molecular formula is C12H12FNO3. The Morgan fingerprint density at radius 3 is 2.82 bits per heavy atom. The predicted octanol–water partition coefficient (Wildman–Crippen LogP) is 1.71. The Hall–Kier alpha value is -1.91. The molecule has 1 saturated heterocycles. The number of carbonyl (C=O) groups is 2. The smallest absolute Gasteiger partial charge is 0.326 e. The molecule has 2 rings (SSSR count). The van der Waals surface area contributed by atoms with E-state index in [1.807, 2.05) is 0 Å². The average Bonchev–Trinajstić information content (AvgIpc) is 2.64. The van der Waals surface area contributed by atoms with Crippen LogP contribution in [0.5, 0.6) is 0 Å². The van der Waals surface area contributed by atoms with E-state index in [2.05, 4.69) is 0 Å². The minimum atomic E-state index is -1.03. The van der Waals surface area contributed by atoms with Gasteiger partial charge in [-0.2, -0.15) is 0 Å². The van der Waals surface area contributed by atoms with Crippen LogP contribution in [0.1, 0.15) is 18.4 Å². The fourth-order valence-corrected chi connectivity index (χ4v) is 2.02. The minimum absolute atomic E-state index is 0.216. The number of benzene rings is 1. The molecule has 90 valence electrons. The van der Waals surface area contributed by atoms with Crippen molar-refractivity contribution >= 4 is 17.6 Å². The zero-order valence-electron chi connectivity index (χ0n) is 9.31. The normalized spacial score (nSPS) is 19.8. The zero-order valence-corrected chi connectivity index (χ0v) is 9.31. The second kappa shape index (κ2) is 4.16. The van der Waals surface area contributed by atoms with Crippen LogP contribution in [0.3, 0.4) is 0 Å². The Morgan fingerprint density at radius 1 is 1.53 bits per heavy atom. The van der Waals surface area contributed by atoms with Crippen molar-refractivity contribution in [3.63, 3.8) is 0 Å². The monoisotopic (exact) mass is 237 g/mol. The lowest BCUT2D eigenvalue weighted by Crippen LogP contribution is -2.38. The molecule has 5 heteroatoms. The van der Waals surface area contributed by atoms with Crippen molar-refractivity contribution in [1.29, 1.82) is 0 Å². The van der Waals surface area contributed by atoms with Crippen molar-refractivity contribution in [2.24, 2.45) is 0 Å². The van der Waals surface area contributed by atoms with Crippen molar-refractivity contribution in [2.75, 3.05) is 4.90 Å². The van der Waals surface area contributed by atoms with Crippen molar-refractivity contribution in [2.45, 2.75) is 25.8 Å². The number of hydrogen-bond acceptors (Lipinski definition) is 2. The molecule has 1 aliphatic rings. The fourth-order valence-electron chi connectivity index (χ4n) is 2.02. The third-order valence-corrected chi connectivity index (χ3v) is 2.92. The van der Waals surface area contributed by atoms with E-state index in [0.29, 0.717) is 17.7 Å². The van der Waals surface area contributed by atoms with Crippen LogP contribution in [-0.4, -0.2) is 23.0 Å². The summed E-state index contributed by atoms with van der Waals surface area (Å²) >= 11 is 0. The highest BCUT2D eigenvalue weighted by Crippen LogP contribution is 2.28. The summed E-state index contributed by atoms with van der Waals surface area (Å²) in [4.78, 5) is 23.9. The van der Waals surface area contributed by atoms with Gasteiger partial charge in [0.2, 0.25) is 5.91 Å². The summed E-state index contributed by atoms with van der Waals surface area (Å²) in [5.74, 6) is -1.63. The molecule has 1 aliphatic heterocycles. The standard InChI is InChI=1S/C12H12FNO3/c1-7-6-8(2-3-9(7)13)14-10(12(16)17)4-5-11(14)15/h2-3,6,10H,4-5H2,1H3,(H,16,17). The number of hydrogen-bond donors (Lipinski definition) is 1. The highest BCUT2D eigenvalue weighted by atomic mass is 19.1. The maximum absolute atomic E-state index is 13.1. The average molecular weight is 237 g/mol. The summed E-state index contributed by atoms with van der Waals surface area (Å²) in [5.41, 5.74) is 0.838. The summed E-state index contributed by atoms with van der Waals surface area (Å²) in [6.45, 7) is 1.58. The number of aryl methyl sites for hydroxylation is 1. The van der Waals surface area contributed by atoms with Crippen molar-refractivity contribution in [3.05, 3.63) is 29.6 Å². The van der Waals surface area contributed by atoms with E-state index < -0.39 is 12.0 Å². The first kappa shape index (κ1) is 11.6. The molecule has 0 aliphatic carbocycles. The molecule has 1 N–H and O–H groups in total. The second-order valence-corrected chi connectivity index (χ2v) is 4.09. The van der Waals surface area contributed by atoms with Gasteiger partial charge in [-0.25, -0.2) is 9.18 Å². The Bertz CT molecular complexity index is 487. The molecule has 1 fully saturated rings. The number of carboxylic acid groups (broad SMARTS) is 1. The van der Waals surface area contributed by atoms with Gasteiger partial charge in [-0.1, -0.05) is 0 Å². The summed E-state index contributed by atoms with van der Waals surface area (Å²) in [7, 11) is 0. The lowest BCUT2D eigenvalue weighted by molar-refractivity contribution is -0.138. The van der Waals surface area contributed by atoms with Gasteiger partial charge < -0.3 is 5.11 Å². The van der Waals surface area contributed by atoms with Gasteiger partial charge in [-0.15, -0.1) is 0 Å². The highest BCUT2D eigenvalue weighted by Gasteiger charge is 2.37. The molecule has 0 spiro atoms. The molecule has 1 atom stereocenters. The Labute approximate surface area is 97.7 Å². The van der Waals surface area contributed by atoms with Gasteiger partial charge >= 0.3 is 5.97 Å². The fraction of sp³-hybridized carbons (Fsp3) is 0.333. The second-order valence-electron chi connectivity index (χ2n) is 4.09. The van der Waals surface area contributed by atoms with Crippen LogP contribution in [0.25, 0.3) is 0 Å². The lowest BCUT2D eigenvalue weighted by Gasteiger charge is -2.22. The largest absolute Gasteiger partial charge is 0.480 e. The predicted molar refractivity (Wildman–Crippen MR) is 59.3 cm³/mol. The number of nitrogens with zero attached hydrogens (tertiary/aromatic N) is 1. The van der Waals surface area contributed by atoms with E-state index >= 15 is 0 Å². The van der Waals surface area contributed by atoms with Crippen LogP contribution in [0, 0.1) is 12.7 Å². The number of carbonyl (C=O) groups excluding carboxylic acids is 1. The van der Waals surface area contributed by atoms with Crippen LogP contribution in [0.4, 0.5) is 10.1 Å². The number of anilines is 1. The molecule has 17 heavy (non-hydrogen) atoms. The molecule has 0 bridgehead atoms. The third kappa shape index (κ3) is 2.00. The van der Waals surface area contributed by atoms with Gasteiger partial charge in [0.15, 0.2) is 0 Å². The topological polar surface area (TPSA) is 57.6 Å². The van der Waals surface area contributed by atoms with Crippen LogP contribution in [0.2, 0.25) is 0 Å². The molecule has 1 heterocycles. The molecular weight excluding hydrogens is 225 g/mol. The van der Waals surface area contributed by atoms with Crippen molar-refractivity contribution in [3.8, 4) is 0 Å². The van der Waals surface area contributed by atoms with Gasteiger partial charge in [0, 0.05) is 12.1 Å². The lowest BCUT2D eigenvalue weighted by atomic mass is 10.1. The van der Waals surface area contributed by atoms with E-state index in [0.717, 1.165) is 0 Å². The van der Waals surface area contributed by atoms with Crippen LogP contribution in [0.15, 0.2) is 18.2 Å². The summed E-state index contributed by atoms with van der Waals surface area (Å²) < 4.78 is 13.1. The van der Waals surface area contributed by atoms with Gasteiger partial charge in [0.1, 0.15) is 11.9 Å². The van der Waals surface area contributed by atoms with Gasteiger partial charge in [-0.3, -0.25) is 9.69 Å². The quantitative estimate of drug-likeness (QED) is 0.851. The number of aliphatic carboxylic acids is 1. The third-order valence-electron chi connectivity index (χ3n) is 2.92. The maximum atomic E-state index is 13.1. The Kier molecular flexibility index (Phi) is 2.83. The van der Waals surface area contributed by atoms with Gasteiger partial charge in [0.25, 0.3) is 0 Å². The number of carboxylic acids is 1. The summed E-state index contributed by atoms with van der Waals surface area (Å²) in [6, 6.07) is 3.33. The number of amides is 1. The highest BCUT2D eigenvalue weighted by molar-refractivity contribution is 6.02. The Morgan fingerprint density at radius 2 is 2.24 bits per heavy atom. The van der Waals surface area contributed by atoms with E-state index in [1.165, 1.54) is 23.1 Å². The maximum Gasteiger partial charge on any atom is 0.326 e. The molecule has 1 unspecified atom stereocenters. The molecule has 0 radical (unpaired) electrons. The molecule has 0 saturated carbocycles. The molecule has 1 aromatic rings. The SMILES string of the molecule is Cc1cc(N2C(=O)CCC2C(=O)O)ccc1F. The van der Waals surface area contributed by atoms with Crippen molar-refractivity contribution < 1.29 is 19.1 Å². The van der Waals surface area contributed by atoms with Gasteiger partial charge in [0.05, 0.1) is 0 Å². The molecule has 0 aromatic heterocycles. The van der Waals surface area contributed by atoms with Crippen LogP contribution >= 0.6 is 0 Å². The minimum Gasteiger partial charge on any atom is -0.480 e. The molecule has 1 amide bonds. The van der Waals surface area contributed by atoms with Crippen LogP contribution < -0.4 is 4.90 Å². The zero-order chi connectivity index (χ0) is 12.6. The number of rotatable bonds is 2. The van der Waals surface area contributed by atoms with Crippen molar-refractivity contribution in [1.82, 2.24) is 0 Å². The van der Waals surface area contributed by atoms with Crippen LogP contribution in [-0.2, 0) is 9.59 Å². The summed E-state index contributed by atoms with van der Waals surface area (Å²) in [5, 5.41) is 9.02. The summed E-state index contributed by atoms with van der Waals surface area (Å²) in [6.07, 6.45) is 0.512. The number of halogens is 1. The molecule has 1 aromatic carbocycles. The van der Waals surface area contributed by atoms with E-state index in [-0.39, 0.29) is 18.1 Å². The van der Waals surface area contributed by atoms with E-state index in [9.17, 15) is 14.0 Å². The first-order chi connectivity index (χ1) is 8.00. The first-order valence-electron chi connectivity index (χ1n) is 5.31. The Balaban J connectivity index is 2.39. The van der Waals surface area contributed by atoms with E-state index in [1.54, 1.807) is 6.92 Å². The van der Waals surface area contributed by atoms with Gasteiger partial charge in [-0.05, 0) is 37.1 Å². The first-order valence-corrected chi connectivity index (χ1v) is 5.31. The molecule has 4 nitrogen and oxygen atoms in total. The van der Waals surface area contributed by atoms with E-state index in [4.69, 9.17) is 5.11 Å².